The first-order chi connectivity index (χ1) is 9.88. The van der Waals surface area contributed by atoms with Crippen LogP contribution in [0.2, 0.25) is 0 Å². The summed E-state index contributed by atoms with van der Waals surface area (Å²) in [5, 5.41) is 0.771. The van der Waals surface area contributed by atoms with E-state index >= 15 is 0 Å². The van der Waals surface area contributed by atoms with Gasteiger partial charge >= 0.3 is 0 Å². The molecule has 3 heterocycles. The predicted molar refractivity (Wildman–Crippen MR) is 83.3 cm³/mol. The number of pyridine rings is 3. The van der Waals surface area contributed by atoms with Crippen molar-refractivity contribution in [2.24, 2.45) is 0 Å². The lowest BCUT2D eigenvalue weighted by molar-refractivity contribution is 1.24. The summed E-state index contributed by atoms with van der Waals surface area (Å²) in [6.07, 6.45) is 9.11. The van der Waals surface area contributed by atoms with Gasteiger partial charge in [-0.2, -0.15) is 0 Å². The molecule has 4 heteroatoms. The smallest absolute Gasteiger partial charge is 0.0720 e. The van der Waals surface area contributed by atoms with Crippen LogP contribution in [0.3, 0.4) is 0 Å². The molecule has 0 bridgehead atoms. The SMILES string of the molecule is BrCc1cc(-c2cccnc2)ncc1-c1cccnc1. The van der Waals surface area contributed by atoms with E-state index in [1.54, 1.807) is 12.4 Å². The number of alkyl halides is 1. The Hall–Kier alpha value is -2.07. The van der Waals surface area contributed by atoms with Gasteiger partial charge in [0.2, 0.25) is 0 Å². The fraction of sp³-hybridized carbons (Fsp3) is 0.0625. The monoisotopic (exact) mass is 325 g/mol. The summed E-state index contributed by atoms with van der Waals surface area (Å²) in [6.45, 7) is 0. The van der Waals surface area contributed by atoms with Crippen molar-refractivity contribution in [3.63, 3.8) is 0 Å². The second-order valence-corrected chi connectivity index (χ2v) is 4.90. The maximum atomic E-state index is 4.55. The van der Waals surface area contributed by atoms with E-state index in [-0.39, 0.29) is 0 Å². The largest absolute Gasteiger partial charge is 0.264 e. The third-order valence-electron chi connectivity index (χ3n) is 3.06. The first kappa shape index (κ1) is 12.9. The fourth-order valence-electron chi connectivity index (χ4n) is 2.06. The second-order valence-electron chi connectivity index (χ2n) is 4.34. The van der Waals surface area contributed by atoms with Crippen LogP contribution in [-0.2, 0) is 5.33 Å². The van der Waals surface area contributed by atoms with Gasteiger partial charge in [-0.15, -0.1) is 0 Å². The molecule has 0 unspecified atom stereocenters. The summed E-state index contributed by atoms with van der Waals surface area (Å²) >= 11 is 3.55. The maximum Gasteiger partial charge on any atom is 0.0720 e. The molecule has 0 fully saturated rings. The Morgan fingerprint density at radius 2 is 1.60 bits per heavy atom. The van der Waals surface area contributed by atoms with Crippen molar-refractivity contribution in [1.29, 1.82) is 0 Å². The molecule has 0 saturated carbocycles. The Kier molecular flexibility index (Phi) is 3.83. The average Bonchev–Trinajstić information content (AvgIpc) is 2.56. The molecule has 0 aliphatic rings. The summed E-state index contributed by atoms with van der Waals surface area (Å²) in [4.78, 5) is 12.8. The number of hydrogen-bond donors (Lipinski definition) is 0. The Balaban J connectivity index is 2.07. The van der Waals surface area contributed by atoms with Crippen LogP contribution in [0, 0.1) is 0 Å². The van der Waals surface area contributed by atoms with E-state index in [1.807, 2.05) is 42.9 Å². The number of hydrogen-bond acceptors (Lipinski definition) is 3. The quantitative estimate of drug-likeness (QED) is 0.680. The third kappa shape index (κ3) is 2.60. The highest BCUT2D eigenvalue weighted by molar-refractivity contribution is 9.08. The molecule has 0 aliphatic carbocycles. The lowest BCUT2D eigenvalue weighted by atomic mass is 10.0. The van der Waals surface area contributed by atoms with Crippen LogP contribution >= 0.6 is 15.9 Å². The van der Waals surface area contributed by atoms with E-state index in [2.05, 4.69) is 36.9 Å². The van der Waals surface area contributed by atoms with Crippen LogP contribution < -0.4 is 0 Å². The van der Waals surface area contributed by atoms with Crippen LogP contribution in [0.5, 0.6) is 0 Å². The van der Waals surface area contributed by atoms with E-state index in [0.29, 0.717) is 0 Å². The van der Waals surface area contributed by atoms with Gasteiger partial charge in [-0.1, -0.05) is 22.0 Å². The van der Waals surface area contributed by atoms with Gasteiger partial charge < -0.3 is 0 Å². The van der Waals surface area contributed by atoms with Gasteiger partial charge in [0.15, 0.2) is 0 Å². The first-order valence-electron chi connectivity index (χ1n) is 6.24. The normalized spacial score (nSPS) is 10.4. The van der Waals surface area contributed by atoms with Gasteiger partial charge in [-0.05, 0) is 29.8 Å². The van der Waals surface area contributed by atoms with Crippen LogP contribution in [0.1, 0.15) is 5.56 Å². The van der Waals surface area contributed by atoms with E-state index in [1.165, 1.54) is 5.56 Å². The number of nitrogens with zero attached hydrogens (tertiary/aromatic N) is 3. The van der Waals surface area contributed by atoms with Crippen molar-refractivity contribution in [3.8, 4) is 22.4 Å². The van der Waals surface area contributed by atoms with Gasteiger partial charge in [-0.3, -0.25) is 15.0 Å². The summed E-state index contributed by atoms with van der Waals surface area (Å²) in [7, 11) is 0. The number of rotatable bonds is 3. The molecule has 0 aliphatic heterocycles. The summed E-state index contributed by atoms with van der Waals surface area (Å²) in [5.41, 5.74) is 5.31. The topological polar surface area (TPSA) is 38.7 Å². The van der Waals surface area contributed by atoms with Crippen LogP contribution in [-0.4, -0.2) is 15.0 Å². The van der Waals surface area contributed by atoms with Crippen molar-refractivity contribution in [2.75, 3.05) is 0 Å². The van der Waals surface area contributed by atoms with E-state index in [9.17, 15) is 0 Å². The molecule has 20 heavy (non-hydrogen) atoms. The minimum Gasteiger partial charge on any atom is -0.264 e. The zero-order chi connectivity index (χ0) is 13.8. The van der Waals surface area contributed by atoms with Crippen LogP contribution in [0.15, 0.2) is 61.3 Å². The molecule has 3 aromatic rings. The number of aromatic nitrogens is 3. The molecule has 0 aromatic carbocycles. The lowest BCUT2D eigenvalue weighted by Gasteiger charge is -2.09. The Labute approximate surface area is 125 Å². The molecule has 0 amide bonds. The minimum absolute atomic E-state index is 0.771. The van der Waals surface area contributed by atoms with E-state index in [4.69, 9.17) is 0 Å². The number of halogens is 1. The van der Waals surface area contributed by atoms with E-state index in [0.717, 1.165) is 27.7 Å². The molecule has 98 valence electrons. The molecule has 0 radical (unpaired) electrons. The highest BCUT2D eigenvalue weighted by Gasteiger charge is 2.08. The molecule has 0 atom stereocenters. The predicted octanol–water partition coefficient (Wildman–Crippen LogP) is 4.10. The molecule has 0 saturated heterocycles. The van der Waals surface area contributed by atoms with Gasteiger partial charge in [-0.25, -0.2) is 0 Å². The van der Waals surface area contributed by atoms with Crippen LogP contribution in [0.25, 0.3) is 22.4 Å². The average molecular weight is 326 g/mol. The molecule has 3 aromatic heterocycles. The van der Waals surface area contributed by atoms with Crippen LogP contribution in [0.4, 0.5) is 0 Å². The van der Waals surface area contributed by atoms with Crippen molar-refractivity contribution >= 4 is 15.9 Å². The van der Waals surface area contributed by atoms with Gasteiger partial charge in [0.25, 0.3) is 0 Å². The highest BCUT2D eigenvalue weighted by atomic mass is 79.9. The Morgan fingerprint density at radius 3 is 2.20 bits per heavy atom. The second kappa shape index (κ2) is 5.92. The van der Waals surface area contributed by atoms with E-state index < -0.39 is 0 Å². The molecular weight excluding hydrogens is 314 g/mol. The highest BCUT2D eigenvalue weighted by Crippen LogP contribution is 2.27. The molecule has 3 rings (SSSR count). The molecule has 3 nitrogen and oxygen atoms in total. The minimum atomic E-state index is 0.771. The van der Waals surface area contributed by atoms with Gasteiger partial charge in [0.1, 0.15) is 0 Å². The molecule has 0 N–H and O–H groups in total. The first-order valence-corrected chi connectivity index (χ1v) is 7.36. The van der Waals surface area contributed by atoms with Crippen molar-refractivity contribution < 1.29 is 0 Å². The molecule has 0 spiro atoms. The van der Waals surface area contributed by atoms with Gasteiger partial charge in [0.05, 0.1) is 5.69 Å². The third-order valence-corrected chi connectivity index (χ3v) is 3.67. The summed E-state index contributed by atoms with van der Waals surface area (Å²) in [6, 6.07) is 9.99. The fourth-order valence-corrected chi connectivity index (χ4v) is 2.53. The van der Waals surface area contributed by atoms with Crippen molar-refractivity contribution in [1.82, 2.24) is 15.0 Å². The lowest BCUT2D eigenvalue weighted by Crippen LogP contribution is -1.92. The zero-order valence-corrected chi connectivity index (χ0v) is 12.3. The standard InChI is InChI=1S/C16H12BrN3/c17-8-14-7-16(13-4-2-6-19-10-13)20-11-15(14)12-3-1-5-18-9-12/h1-7,9-11H,8H2. The molecular formula is C16H12BrN3. The van der Waals surface area contributed by atoms with Gasteiger partial charge in [0, 0.05) is 53.0 Å². The summed E-state index contributed by atoms with van der Waals surface area (Å²) in [5.74, 6) is 0. The Bertz CT molecular complexity index is 699. The zero-order valence-electron chi connectivity index (χ0n) is 10.7. The summed E-state index contributed by atoms with van der Waals surface area (Å²) < 4.78 is 0. The van der Waals surface area contributed by atoms with Crippen molar-refractivity contribution in [3.05, 3.63) is 66.9 Å². The Morgan fingerprint density at radius 1 is 0.900 bits per heavy atom. The maximum absolute atomic E-state index is 4.55. The van der Waals surface area contributed by atoms with Crippen molar-refractivity contribution in [2.45, 2.75) is 5.33 Å².